The van der Waals surface area contributed by atoms with Crippen molar-refractivity contribution in [1.29, 1.82) is 0 Å². The van der Waals surface area contributed by atoms with Crippen LogP contribution in [0.3, 0.4) is 0 Å². The van der Waals surface area contributed by atoms with Gasteiger partial charge in [0.15, 0.2) is 5.96 Å². The quantitative estimate of drug-likeness (QED) is 0.512. The van der Waals surface area contributed by atoms with E-state index in [0.29, 0.717) is 18.0 Å². The van der Waals surface area contributed by atoms with Crippen LogP contribution in [-0.2, 0) is 11.3 Å². The monoisotopic (exact) mass is 385 g/mol. The van der Waals surface area contributed by atoms with Crippen molar-refractivity contribution >= 4 is 17.8 Å². The molecule has 1 unspecified atom stereocenters. The highest BCUT2D eigenvalue weighted by molar-refractivity contribution is 5.92. The average molecular weight is 386 g/mol. The molecule has 2 amide bonds. The van der Waals surface area contributed by atoms with Gasteiger partial charge in [-0.05, 0) is 43.9 Å². The third-order valence-electron chi connectivity index (χ3n) is 5.52. The van der Waals surface area contributed by atoms with Crippen molar-refractivity contribution in [3.63, 3.8) is 0 Å². The molecule has 7 heteroatoms. The Morgan fingerprint density at radius 2 is 2.04 bits per heavy atom. The van der Waals surface area contributed by atoms with E-state index in [2.05, 4.69) is 15.6 Å². The van der Waals surface area contributed by atoms with Gasteiger partial charge in [-0.3, -0.25) is 9.59 Å². The van der Waals surface area contributed by atoms with Crippen molar-refractivity contribution < 1.29 is 9.59 Å². The summed E-state index contributed by atoms with van der Waals surface area (Å²) in [6.45, 7) is 4.78. The summed E-state index contributed by atoms with van der Waals surface area (Å²) in [5, 5.41) is 6.71. The van der Waals surface area contributed by atoms with Crippen LogP contribution in [0.25, 0.3) is 0 Å². The van der Waals surface area contributed by atoms with Gasteiger partial charge in [0, 0.05) is 37.2 Å². The number of primary amides is 1. The Morgan fingerprint density at radius 1 is 1.25 bits per heavy atom. The van der Waals surface area contributed by atoms with Crippen molar-refractivity contribution in [2.24, 2.45) is 16.6 Å². The minimum atomic E-state index is -0.436. The van der Waals surface area contributed by atoms with Crippen molar-refractivity contribution in [3.8, 4) is 0 Å². The second-order valence-electron chi connectivity index (χ2n) is 7.66. The van der Waals surface area contributed by atoms with Crippen LogP contribution in [-0.4, -0.2) is 48.3 Å². The SMILES string of the molecule is CCNC(=NCc1cccc(C(N)=O)c1)NC1CCN(C(=O)C2CCCC2)C1. The number of guanidine groups is 1. The number of likely N-dealkylation sites (tertiary alicyclic amines) is 1. The number of amides is 2. The van der Waals surface area contributed by atoms with Crippen molar-refractivity contribution in [3.05, 3.63) is 35.4 Å². The predicted molar refractivity (Wildman–Crippen MR) is 110 cm³/mol. The summed E-state index contributed by atoms with van der Waals surface area (Å²) in [6, 6.07) is 7.42. The van der Waals surface area contributed by atoms with Crippen LogP contribution in [0.1, 0.15) is 54.9 Å². The molecule has 1 aliphatic carbocycles. The Bertz CT molecular complexity index is 727. The number of aliphatic imine (C=N–C) groups is 1. The summed E-state index contributed by atoms with van der Waals surface area (Å²) in [6.07, 6.45) is 5.38. The first-order valence-electron chi connectivity index (χ1n) is 10.3. The molecule has 0 aromatic heterocycles. The lowest BCUT2D eigenvalue weighted by atomic mass is 10.1. The Kier molecular flexibility index (Phi) is 6.90. The van der Waals surface area contributed by atoms with Crippen LogP contribution < -0.4 is 16.4 Å². The maximum absolute atomic E-state index is 12.6. The predicted octanol–water partition coefficient (Wildman–Crippen LogP) is 1.63. The molecule has 152 valence electrons. The summed E-state index contributed by atoms with van der Waals surface area (Å²) in [7, 11) is 0. The van der Waals surface area contributed by atoms with Gasteiger partial charge in [-0.25, -0.2) is 4.99 Å². The van der Waals surface area contributed by atoms with Gasteiger partial charge < -0.3 is 21.3 Å². The first-order chi connectivity index (χ1) is 13.6. The Morgan fingerprint density at radius 3 is 2.75 bits per heavy atom. The molecule has 0 radical (unpaired) electrons. The molecular weight excluding hydrogens is 354 g/mol. The fourth-order valence-electron chi connectivity index (χ4n) is 4.02. The molecule has 1 atom stereocenters. The molecule has 3 rings (SSSR count). The van der Waals surface area contributed by atoms with Gasteiger partial charge in [-0.15, -0.1) is 0 Å². The molecule has 1 saturated carbocycles. The molecule has 2 fully saturated rings. The summed E-state index contributed by atoms with van der Waals surface area (Å²) in [4.78, 5) is 30.6. The Labute approximate surface area is 166 Å². The molecule has 1 heterocycles. The van der Waals surface area contributed by atoms with Crippen molar-refractivity contribution in [2.75, 3.05) is 19.6 Å². The number of benzene rings is 1. The lowest BCUT2D eigenvalue weighted by Crippen LogP contribution is -2.45. The lowest BCUT2D eigenvalue weighted by molar-refractivity contribution is -0.134. The smallest absolute Gasteiger partial charge is 0.248 e. The van der Waals surface area contributed by atoms with Gasteiger partial charge in [0.05, 0.1) is 6.54 Å². The number of rotatable bonds is 6. The third-order valence-corrected chi connectivity index (χ3v) is 5.52. The second kappa shape index (κ2) is 9.57. The topological polar surface area (TPSA) is 99.8 Å². The van der Waals surface area contributed by atoms with E-state index in [1.165, 1.54) is 12.8 Å². The minimum Gasteiger partial charge on any atom is -0.366 e. The second-order valence-corrected chi connectivity index (χ2v) is 7.66. The molecule has 1 aromatic rings. The van der Waals surface area contributed by atoms with E-state index in [1.54, 1.807) is 12.1 Å². The fourth-order valence-corrected chi connectivity index (χ4v) is 4.02. The molecule has 1 saturated heterocycles. The fraction of sp³-hybridized carbons (Fsp3) is 0.571. The minimum absolute atomic E-state index is 0.208. The zero-order valence-corrected chi connectivity index (χ0v) is 16.6. The van der Waals surface area contributed by atoms with E-state index < -0.39 is 5.91 Å². The highest BCUT2D eigenvalue weighted by atomic mass is 16.2. The number of hydrogen-bond donors (Lipinski definition) is 3. The van der Waals surface area contributed by atoms with Crippen LogP contribution in [0.15, 0.2) is 29.3 Å². The van der Waals surface area contributed by atoms with E-state index in [9.17, 15) is 9.59 Å². The van der Waals surface area contributed by atoms with Crippen LogP contribution in [0.2, 0.25) is 0 Å². The van der Waals surface area contributed by atoms with Crippen molar-refractivity contribution in [1.82, 2.24) is 15.5 Å². The number of nitrogens with two attached hydrogens (primary N) is 1. The molecule has 0 spiro atoms. The summed E-state index contributed by atoms with van der Waals surface area (Å²) < 4.78 is 0. The van der Waals surface area contributed by atoms with Gasteiger partial charge in [-0.2, -0.15) is 0 Å². The molecule has 7 nitrogen and oxygen atoms in total. The van der Waals surface area contributed by atoms with Gasteiger partial charge >= 0.3 is 0 Å². The van der Waals surface area contributed by atoms with E-state index in [0.717, 1.165) is 50.4 Å². The van der Waals surface area contributed by atoms with E-state index in [4.69, 9.17) is 5.73 Å². The first-order valence-corrected chi connectivity index (χ1v) is 10.3. The average Bonchev–Trinajstić information content (AvgIpc) is 3.38. The number of nitrogens with one attached hydrogen (secondary N) is 2. The van der Waals surface area contributed by atoms with Crippen LogP contribution in [0, 0.1) is 5.92 Å². The lowest BCUT2D eigenvalue weighted by Gasteiger charge is -2.21. The number of carbonyl (C=O) groups is 2. The third kappa shape index (κ3) is 5.24. The Hall–Kier alpha value is -2.57. The van der Waals surface area contributed by atoms with E-state index >= 15 is 0 Å². The van der Waals surface area contributed by atoms with Gasteiger partial charge in [-0.1, -0.05) is 25.0 Å². The molecule has 4 N–H and O–H groups in total. The maximum atomic E-state index is 12.6. The molecule has 1 aliphatic heterocycles. The molecule has 2 aliphatic rings. The number of carbonyl (C=O) groups excluding carboxylic acids is 2. The highest BCUT2D eigenvalue weighted by Gasteiger charge is 2.32. The van der Waals surface area contributed by atoms with Crippen molar-refractivity contribution in [2.45, 2.75) is 51.6 Å². The zero-order chi connectivity index (χ0) is 19.9. The largest absolute Gasteiger partial charge is 0.366 e. The normalized spacial score (nSPS) is 20.4. The standard InChI is InChI=1S/C21H31N5O2/c1-2-23-21(24-13-15-6-5-9-17(12-15)19(22)27)25-18-10-11-26(14-18)20(28)16-7-3-4-8-16/h5-6,9,12,16,18H,2-4,7-8,10-11,13-14H2,1H3,(H2,22,27)(H2,23,24,25). The van der Waals surface area contributed by atoms with Gasteiger partial charge in [0.25, 0.3) is 0 Å². The maximum Gasteiger partial charge on any atom is 0.248 e. The van der Waals surface area contributed by atoms with E-state index in [1.807, 2.05) is 24.0 Å². The highest BCUT2D eigenvalue weighted by Crippen LogP contribution is 2.27. The number of hydrogen-bond acceptors (Lipinski definition) is 3. The van der Waals surface area contributed by atoms with E-state index in [-0.39, 0.29) is 12.0 Å². The zero-order valence-electron chi connectivity index (χ0n) is 16.6. The summed E-state index contributed by atoms with van der Waals surface area (Å²) in [5.41, 5.74) is 6.76. The molecule has 28 heavy (non-hydrogen) atoms. The Balaban J connectivity index is 1.57. The van der Waals surface area contributed by atoms with Crippen LogP contribution >= 0.6 is 0 Å². The molecular formula is C21H31N5O2. The molecule has 0 bridgehead atoms. The first kappa shape index (κ1) is 20.2. The molecule has 1 aromatic carbocycles. The number of nitrogens with zero attached hydrogens (tertiary/aromatic N) is 2. The van der Waals surface area contributed by atoms with Crippen LogP contribution in [0.5, 0.6) is 0 Å². The van der Waals surface area contributed by atoms with Crippen LogP contribution in [0.4, 0.5) is 0 Å². The van der Waals surface area contributed by atoms with Gasteiger partial charge in [0.2, 0.25) is 11.8 Å². The summed E-state index contributed by atoms with van der Waals surface area (Å²) >= 11 is 0. The summed E-state index contributed by atoms with van der Waals surface area (Å²) in [5.74, 6) is 0.853. The van der Waals surface area contributed by atoms with Gasteiger partial charge in [0.1, 0.15) is 0 Å².